The van der Waals surface area contributed by atoms with Crippen LogP contribution in [0.1, 0.15) is 37.3 Å². The fraction of sp³-hybridized carbons (Fsp3) is 0.571. The number of para-hydroxylation sites is 1. The first kappa shape index (κ1) is 13.0. The van der Waals surface area contributed by atoms with E-state index in [9.17, 15) is 0 Å². The summed E-state index contributed by atoms with van der Waals surface area (Å²) in [5.41, 5.74) is 2.48. The molecular formula is C14H23NO. The van der Waals surface area contributed by atoms with E-state index in [0.29, 0.717) is 0 Å². The van der Waals surface area contributed by atoms with Gasteiger partial charge in [-0.1, -0.05) is 38.0 Å². The van der Waals surface area contributed by atoms with Gasteiger partial charge in [0, 0.05) is 12.1 Å². The first-order valence-electron chi connectivity index (χ1n) is 6.15. The third kappa shape index (κ3) is 3.86. The molecule has 0 bridgehead atoms. The van der Waals surface area contributed by atoms with Crippen molar-refractivity contribution in [1.82, 2.24) is 5.32 Å². The van der Waals surface area contributed by atoms with Crippen molar-refractivity contribution >= 4 is 0 Å². The molecule has 90 valence electrons. The number of ether oxygens (including phenoxy) is 1. The summed E-state index contributed by atoms with van der Waals surface area (Å²) in [5.74, 6) is 1.06. The SMILES string of the molecule is CCCCCOc1c(C)cccc1CNC. The Hall–Kier alpha value is -1.02. The first-order valence-corrected chi connectivity index (χ1v) is 6.15. The molecule has 0 spiro atoms. The Morgan fingerprint density at radius 3 is 2.75 bits per heavy atom. The zero-order valence-electron chi connectivity index (χ0n) is 10.7. The van der Waals surface area contributed by atoms with E-state index in [1.165, 1.54) is 24.0 Å². The van der Waals surface area contributed by atoms with Crippen LogP contribution in [0.5, 0.6) is 5.75 Å². The van der Waals surface area contributed by atoms with Gasteiger partial charge in [-0.25, -0.2) is 0 Å². The Balaban J connectivity index is 2.61. The second-order valence-corrected chi connectivity index (χ2v) is 4.15. The van der Waals surface area contributed by atoms with Crippen LogP contribution < -0.4 is 10.1 Å². The Labute approximate surface area is 99.0 Å². The van der Waals surface area contributed by atoms with Crippen LogP contribution in [0, 0.1) is 6.92 Å². The molecule has 0 saturated carbocycles. The fourth-order valence-electron chi connectivity index (χ4n) is 1.78. The zero-order chi connectivity index (χ0) is 11.8. The van der Waals surface area contributed by atoms with Gasteiger partial charge < -0.3 is 10.1 Å². The third-order valence-electron chi connectivity index (χ3n) is 2.65. The summed E-state index contributed by atoms with van der Waals surface area (Å²) >= 11 is 0. The molecule has 0 aromatic heterocycles. The van der Waals surface area contributed by atoms with Crippen LogP contribution in [-0.2, 0) is 6.54 Å². The van der Waals surface area contributed by atoms with Gasteiger partial charge in [0.05, 0.1) is 6.61 Å². The monoisotopic (exact) mass is 221 g/mol. The second kappa shape index (κ2) is 7.29. The summed E-state index contributed by atoms with van der Waals surface area (Å²) in [6.07, 6.45) is 3.62. The average Bonchev–Trinajstić information content (AvgIpc) is 2.28. The van der Waals surface area contributed by atoms with E-state index in [0.717, 1.165) is 25.3 Å². The highest BCUT2D eigenvalue weighted by Gasteiger charge is 2.05. The molecule has 0 atom stereocenters. The Morgan fingerprint density at radius 2 is 2.06 bits per heavy atom. The van der Waals surface area contributed by atoms with Gasteiger partial charge in [-0.3, -0.25) is 0 Å². The lowest BCUT2D eigenvalue weighted by Crippen LogP contribution is -2.09. The number of aryl methyl sites for hydroxylation is 1. The summed E-state index contributed by atoms with van der Waals surface area (Å²) in [7, 11) is 1.96. The maximum Gasteiger partial charge on any atom is 0.126 e. The molecule has 2 nitrogen and oxygen atoms in total. The number of nitrogens with one attached hydrogen (secondary N) is 1. The molecular weight excluding hydrogens is 198 g/mol. The fourth-order valence-corrected chi connectivity index (χ4v) is 1.78. The second-order valence-electron chi connectivity index (χ2n) is 4.15. The van der Waals surface area contributed by atoms with Crippen LogP contribution in [0.3, 0.4) is 0 Å². The molecule has 2 heteroatoms. The van der Waals surface area contributed by atoms with Crippen molar-refractivity contribution in [1.29, 1.82) is 0 Å². The summed E-state index contributed by atoms with van der Waals surface area (Å²) in [6, 6.07) is 6.31. The van der Waals surface area contributed by atoms with Crippen molar-refractivity contribution in [3.8, 4) is 5.75 Å². The highest BCUT2D eigenvalue weighted by molar-refractivity contribution is 5.40. The van der Waals surface area contributed by atoms with Crippen molar-refractivity contribution in [2.45, 2.75) is 39.7 Å². The molecule has 0 aliphatic carbocycles. The number of hydrogen-bond acceptors (Lipinski definition) is 2. The first-order chi connectivity index (χ1) is 7.79. The maximum atomic E-state index is 5.88. The molecule has 1 N–H and O–H groups in total. The minimum atomic E-state index is 0.829. The van der Waals surface area contributed by atoms with Crippen LogP contribution >= 0.6 is 0 Å². The minimum absolute atomic E-state index is 0.829. The summed E-state index contributed by atoms with van der Waals surface area (Å²) in [6.45, 7) is 6.01. The van der Waals surface area contributed by atoms with Crippen molar-refractivity contribution in [2.75, 3.05) is 13.7 Å². The highest BCUT2D eigenvalue weighted by atomic mass is 16.5. The predicted octanol–water partition coefficient (Wildman–Crippen LogP) is 3.28. The highest BCUT2D eigenvalue weighted by Crippen LogP contribution is 2.23. The number of unbranched alkanes of at least 4 members (excludes halogenated alkanes) is 2. The summed E-state index contributed by atoms with van der Waals surface area (Å²) < 4.78 is 5.88. The van der Waals surface area contributed by atoms with Crippen molar-refractivity contribution in [3.05, 3.63) is 29.3 Å². The van der Waals surface area contributed by atoms with Gasteiger partial charge in [-0.2, -0.15) is 0 Å². The number of rotatable bonds is 7. The van der Waals surface area contributed by atoms with Crippen LogP contribution in [0.25, 0.3) is 0 Å². The molecule has 1 rings (SSSR count). The van der Waals surface area contributed by atoms with E-state index in [2.05, 4.69) is 37.4 Å². The molecule has 0 amide bonds. The van der Waals surface area contributed by atoms with Crippen LogP contribution in [-0.4, -0.2) is 13.7 Å². The summed E-state index contributed by atoms with van der Waals surface area (Å²) in [4.78, 5) is 0. The Kier molecular flexibility index (Phi) is 5.94. The third-order valence-corrected chi connectivity index (χ3v) is 2.65. The van der Waals surface area contributed by atoms with E-state index in [-0.39, 0.29) is 0 Å². The van der Waals surface area contributed by atoms with Crippen LogP contribution in [0.4, 0.5) is 0 Å². The van der Waals surface area contributed by atoms with E-state index >= 15 is 0 Å². The lowest BCUT2D eigenvalue weighted by molar-refractivity contribution is 0.301. The van der Waals surface area contributed by atoms with E-state index in [1.807, 2.05) is 7.05 Å². The van der Waals surface area contributed by atoms with Gasteiger partial charge in [-0.15, -0.1) is 0 Å². The van der Waals surface area contributed by atoms with Crippen molar-refractivity contribution < 1.29 is 4.74 Å². The summed E-state index contributed by atoms with van der Waals surface area (Å²) in [5, 5.41) is 3.17. The maximum absolute atomic E-state index is 5.88. The zero-order valence-corrected chi connectivity index (χ0v) is 10.7. The van der Waals surface area contributed by atoms with Crippen LogP contribution in [0.2, 0.25) is 0 Å². The molecule has 0 heterocycles. The van der Waals surface area contributed by atoms with Gasteiger partial charge >= 0.3 is 0 Å². The molecule has 0 aliphatic rings. The smallest absolute Gasteiger partial charge is 0.126 e. The standard InChI is InChI=1S/C14H23NO/c1-4-5-6-10-16-14-12(2)8-7-9-13(14)11-15-3/h7-9,15H,4-6,10-11H2,1-3H3. The molecule has 0 radical (unpaired) electrons. The number of benzene rings is 1. The van der Waals surface area contributed by atoms with Gasteiger partial charge in [0.25, 0.3) is 0 Å². The van der Waals surface area contributed by atoms with Crippen molar-refractivity contribution in [2.24, 2.45) is 0 Å². The Bertz CT molecular complexity index is 310. The molecule has 0 saturated heterocycles. The number of hydrogen-bond donors (Lipinski definition) is 1. The van der Waals surface area contributed by atoms with Crippen LogP contribution in [0.15, 0.2) is 18.2 Å². The average molecular weight is 221 g/mol. The van der Waals surface area contributed by atoms with Gasteiger partial charge in [0.1, 0.15) is 5.75 Å². The minimum Gasteiger partial charge on any atom is -0.493 e. The van der Waals surface area contributed by atoms with Gasteiger partial charge in [0.2, 0.25) is 0 Å². The molecule has 0 fully saturated rings. The van der Waals surface area contributed by atoms with Gasteiger partial charge in [0.15, 0.2) is 0 Å². The molecule has 16 heavy (non-hydrogen) atoms. The van der Waals surface area contributed by atoms with Crippen molar-refractivity contribution in [3.63, 3.8) is 0 Å². The normalized spacial score (nSPS) is 10.4. The lowest BCUT2D eigenvalue weighted by atomic mass is 10.1. The molecule has 1 aromatic rings. The predicted molar refractivity (Wildman–Crippen MR) is 69.0 cm³/mol. The van der Waals surface area contributed by atoms with E-state index in [1.54, 1.807) is 0 Å². The quantitative estimate of drug-likeness (QED) is 0.713. The van der Waals surface area contributed by atoms with Gasteiger partial charge in [-0.05, 0) is 26.0 Å². The molecule has 1 aromatic carbocycles. The Morgan fingerprint density at radius 1 is 1.25 bits per heavy atom. The topological polar surface area (TPSA) is 21.3 Å². The largest absolute Gasteiger partial charge is 0.493 e. The van der Waals surface area contributed by atoms with E-state index < -0.39 is 0 Å². The molecule has 0 unspecified atom stereocenters. The van der Waals surface area contributed by atoms with E-state index in [4.69, 9.17) is 4.74 Å². The molecule has 0 aliphatic heterocycles. The lowest BCUT2D eigenvalue weighted by Gasteiger charge is -2.13.